The van der Waals surface area contributed by atoms with E-state index in [2.05, 4.69) is 34.7 Å². The minimum absolute atomic E-state index is 0.123. The number of hydrogen-bond acceptors (Lipinski definition) is 2. The first kappa shape index (κ1) is 13.9. The van der Waals surface area contributed by atoms with E-state index in [0.29, 0.717) is 0 Å². The zero-order valence-electron chi connectivity index (χ0n) is 12.7. The van der Waals surface area contributed by atoms with Crippen molar-refractivity contribution in [1.82, 2.24) is 9.55 Å². The number of hydrogen-bond donors (Lipinski definition) is 0. The Hall–Kier alpha value is -2.10. The van der Waals surface area contributed by atoms with Crippen LogP contribution in [0.3, 0.4) is 0 Å². The van der Waals surface area contributed by atoms with Gasteiger partial charge in [0.25, 0.3) is 0 Å². The summed E-state index contributed by atoms with van der Waals surface area (Å²) in [5.74, 6) is 1.22. The second-order valence-electron chi connectivity index (χ2n) is 5.55. The third-order valence-electron chi connectivity index (χ3n) is 4.03. The summed E-state index contributed by atoms with van der Waals surface area (Å²) in [4.78, 5) is 18.0. The number of anilines is 1. The summed E-state index contributed by atoms with van der Waals surface area (Å²) >= 11 is 0. The Balaban J connectivity index is 1.99. The van der Waals surface area contributed by atoms with E-state index < -0.39 is 0 Å². The van der Waals surface area contributed by atoms with Crippen LogP contribution in [0.4, 0.5) is 5.69 Å². The standard InChI is InChI=1S/C17H21N3O/c1-3-5-17-18-9-11-20(17)15-7-8-16-14(12-15)6-4-10-19(16)13(2)21/h7-9,11-12H,3-6,10H2,1-2H3. The molecule has 4 heteroatoms. The summed E-state index contributed by atoms with van der Waals surface area (Å²) in [5.41, 5.74) is 3.46. The molecule has 1 aromatic heterocycles. The molecule has 0 unspecified atom stereocenters. The Morgan fingerprint density at radius 2 is 2.24 bits per heavy atom. The number of amides is 1. The molecule has 2 heterocycles. The third kappa shape index (κ3) is 2.58. The molecule has 21 heavy (non-hydrogen) atoms. The molecule has 0 radical (unpaired) electrons. The Labute approximate surface area is 125 Å². The Kier molecular flexibility index (Phi) is 3.78. The van der Waals surface area contributed by atoms with Crippen LogP contribution in [0.15, 0.2) is 30.6 Å². The first-order valence-electron chi connectivity index (χ1n) is 7.64. The minimum Gasteiger partial charge on any atom is -0.312 e. The van der Waals surface area contributed by atoms with E-state index in [-0.39, 0.29) is 5.91 Å². The van der Waals surface area contributed by atoms with Crippen molar-refractivity contribution in [2.75, 3.05) is 11.4 Å². The highest BCUT2D eigenvalue weighted by Crippen LogP contribution is 2.29. The molecular weight excluding hydrogens is 262 g/mol. The maximum absolute atomic E-state index is 11.7. The van der Waals surface area contributed by atoms with Crippen LogP contribution in [0.1, 0.15) is 38.1 Å². The van der Waals surface area contributed by atoms with Gasteiger partial charge in [-0.2, -0.15) is 0 Å². The van der Waals surface area contributed by atoms with Crippen LogP contribution in [-0.4, -0.2) is 22.0 Å². The predicted molar refractivity (Wildman–Crippen MR) is 83.9 cm³/mol. The summed E-state index contributed by atoms with van der Waals surface area (Å²) in [5, 5.41) is 0. The van der Waals surface area contributed by atoms with Gasteiger partial charge >= 0.3 is 0 Å². The van der Waals surface area contributed by atoms with Crippen LogP contribution in [0.2, 0.25) is 0 Å². The highest BCUT2D eigenvalue weighted by molar-refractivity contribution is 5.93. The average molecular weight is 283 g/mol. The van der Waals surface area contributed by atoms with Gasteiger partial charge in [-0.25, -0.2) is 4.98 Å². The Morgan fingerprint density at radius 3 is 3.00 bits per heavy atom. The van der Waals surface area contributed by atoms with Crippen molar-refractivity contribution < 1.29 is 4.79 Å². The van der Waals surface area contributed by atoms with E-state index in [1.807, 2.05) is 17.3 Å². The van der Waals surface area contributed by atoms with E-state index in [0.717, 1.165) is 49.4 Å². The fourth-order valence-electron chi connectivity index (χ4n) is 3.04. The molecule has 0 fully saturated rings. The fraction of sp³-hybridized carbons (Fsp3) is 0.412. The number of benzene rings is 1. The molecule has 1 aromatic carbocycles. The second kappa shape index (κ2) is 5.72. The van der Waals surface area contributed by atoms with Crippen LogP contribution < -0.4 is 4.90 Å². The number of carbonyl (C=O) groups is 1. The minimum atomic E-state index is 0.123. The molecule has 1 amide bonds. The van der Waals surface area contributed by atoms with Crippen molar-refractivity contribution in [3.63, 3.8) is 0 Å². The molecule has 3 rings (SSSR count). The highest BCUT2D eigenvalue weighted by atomic mass is 16.2. The van der Waals surface area contributed by atoms with Crippen molar-refractivity contribution >= 4 is 11.6 Å². The molecule has 2 aromatic rings. The predicted octanol–water partition coefficient (Wildman–Crippen LogP) is 3.12. The first-order valence-corrected chi connectivity index (χ1v) is 7.64. The maximum Gasteiger partial charge on any atom is 0.223 e. The lowest BCUT2D eigenvalue weighted by molar-refractivity contribution is -0.116. The van der Waals surface area contributed by atoms with Gasteiger partial charge in [-0.3, -0.25) is 4.79 Å². The van der Waals surface area contributed by atoms with Crippen LogP contribution in [0.25, 0.3) is 5.69 Å². The van der Waals surface area contributed by atoms with Gasteiger partial charge in [-0.1, -0.05) is 6.92 Å². The summed E-state index contributed by atoms with van der Waals surface area (Å²) in [6, 6.07) is 6.35. The number of aromatic nitrogens is 2. The average Bonchev–Trinajstić information content (AvgIpc) is 2.94. The van der Waals surface area contributed by atoms with Crippen molar-refractivity contribution in [1.29, 1.82) is 0 Å². The normalized spacial score (nSPS) is 14.1. The summed E-state index contributed by atoms with van der Waals surface area (Å²) in [7, 11) is 0. The van der Waals surface area contributed by atoms with Crippen LogP contribution in [0, 0.1) is 0 Å². The van der Waals surface area contributed by atoms with Gasteiger partial charge in [0.1, 0.15) is 5.82 Å². The van der Waals surface area contributed by atoms with E-state index in [1.165, 1.54) is 5.56 Å². The Bertz CT molecular complexity index is 660. The van der Waals surface area contributed by atoms with Crippen molar-refractivity contribution in [2.45, 2.75) is 39.5 Å². The lowest BCUT2D eigenvalue weighted by Gasteiger charge is -2.29. The van der Waals surface area contributed by atoms with Gasteiger partial charge < -0.3 is 9.47 Å². The highest BCUT2D eigenvalue weighted by Gasteiger charge is 2.20. The van der Waals surface area contributed by atoms with E-state index in [4.69, 9.17) is 0 Å². The topological polar surface area (TPSA) is 38.1 Å². The quantitative estimate of drug-likeness (QED) is 0.868. The summed E-state index contributed by atoms with van der Waals surface area (Å²) in [6.45, 7) is 4.63. The van der Waals surface area contributed by atoms with Gasteiger partial charge in [0.2, 0.25) is 5.91 Å². The monoisotopic (exact) mass is 283 g/mol. The number of aryl methyl sites for hydroxylation is 2. The molecule has 110 valence electrons. The molecular formula is C17H21N3O. The third-order valence-corrected chi connectivity index (χ3v) is 4.03. The van der Waals surface area contributed by atoms with Crippen LogP contribution >= 0.6 is 0 Å². The van der Waals surface area contributed by atoms with Gasteiger partial charge in [0, 0.05) is 43.7 Å². The Morgan fingerprint density at radius 1 is 1.38 bits per heavy atom. The first-order chi connectivity index (χ1) is 10.2. The number of imidazole rings is 1. The molecule has 0 atom stereocenters. The van der Waals surface area contributed by atoms with E-state index in [1.54, 1.807) is 6.92 Å². The zero-order valence-corrected chi connectivity index (χ0v) is 12.7. The SMILES string of the molecule is CCCc1nccn1-c1ccc2c(c1)CCCN2C(C)=O. The van der Waals surface area contributed by atoms with Crippen LogP contribution in [-0.2, 0) is 17.6 Å². The van der Waals surface area contributed by atoms with Crippen molar-refractivity contribution in [3.8, 4) is 5.69 Å². The van der Waals surface area contributed by atoms with Crippen molar-refractivity contribution in [3.05, 3.63) is 42.0 Å². The molecule has 0 saturated carbocycles. The molecule has 0 bridgehead atoms. The van der Waals surface area contributed by atoms with Gasteiger partial charge in [-0.05, 0) is 43.0 Å². The van der Waals surface area contributed by atoms with Gasteiger partial charge in [0.15, 0.2) is 0 Å². The molecule has 0 N–H and O–H groups in total. The lowest BCUT2D eigenvalue weighted by Crippen LogP contribution is -2.33. The molecule has 0 aliphatic carbocycles. The number of nitrogens with zero attached hydrogens (tertiary/aromatic N) is 3. The molecule has 1 aliphatic rings. The van der Waals surface area contributed by atoms with E-state index >= 15 is 0 Å². The second-order valence-corrected chi connectivity index (χ2v) is 5.55. The van der Waals surface area contributed by atoms with E-state index in [9.17, 15) is 4.79 Å². The van der Waals surface area contributed by atoms with Crippen LogP contribution in [0.5, 0.6) is 0 Å². The lowest BCUT2D eigenvalue weighted by atomic mass is 10.0. The summed E-state index contributed by atoms with van der Waals surface area (Å²) in [6.07, 6.45) is 7.99. The number of carbonyl (C=O) groups excluding carboxylic acids is 1. The maximum atomic E-state index is 11.7. The molecule has 1 aliphatic heterocycles. The molecule has 0 saturated heterocycles. The van der Waals surface area contributed by atoms with Gasteiger partial charge in [0.05, 0.1) is 0 Å². The molecule has 0 spiro atoms. The smallest absolute Gasteiger partial charge is 0.223 e. The number of fused-ring (bicyclic) bond motifs is 1. The largest absolute Gasteiger partial charge is 0.312 e. The zero-order chi connectivity index (χ0) is 14.8. The van der Waals surface area contributed by atoms with Crippen molar-refractivity contribution in [2.24, 2.45) is 0 Å². The number of rotatable bonds is 3. The molecule has 4 nitrogen and oxygen atoms in total. The fourth-order valence-corrected chi connectivity index (χ4v) is 3.04. The van der Waals surface area contributed by atoms with Gasteiger partial charge in [-0.15, -0.1) is 0 Å². The summed E-state index contributed by atoms with van der Waals surface area (Å²) < 4.78 is 2.15.